The third kappa shape index (κ3) is 3.60. The normalized spacial score (nSPS) is 23.4. The highest BCUT2D eigenvalue weighted by Crippen LogP contribution is 2.23. The quantitative estimate of drug-likeness (QED) is 0.885. The lowest BCUT2D eigenvalue weighted by molar-refractivity contribution is -0.125. The van der Waals surface area contributed by atoms with Crippen molar-refractivity contribution in [2.24, 2.45) is 5.92 Å². The molecule has 2 atom stereocenters. The Hall–Kier alpha value is -1.35. The van der Waals surface area contributed by atoms with Crippen LogP contribution in [-0.2, 0) is 10.2 Å². The molecule has 1 aliphatic rings. The maximum atomic E-state index is 12.4. The lowest BCUT2D eigenvalue weighted by Gasteiger charge is -2.30. The van der Waals surface area contributed by atoms with Crippen LogP contribution in [0.5, 0.6) is 0 Å². The van der Waals surface area contributed by atoms with Crippen LogP contribution in [0.4, 0.5) is 0 Å². The van der Waals surface area contributed by atoms with Crippen LogP contribution in [0.1, 0.15) is 39.2 Å². The highest BCUT2D eigenvalue weighted by Gasteiger charge is 2.30. The van der Waals surface area contributed by atoms with Crippen LogP contribution in [0.2, 0.25) is 0 Å². The third-order valence-corrected chi connectivity index (χ3v) is 4.38. The molecule has 0 saturated carbocycles. The highest BCUT2D eigenvalue weighted by atomic mass is 16.2. The summed E-state index contributed by atoms with van der Waals surface area (Å²) < 4.78 is 0. The Balaban J connectivity index is 1.88. The van der Waals surface area contributed by atoms with Gasteiger partial charge < -0.3 is 10.6 Å². The Morgan fingerprint density at radius 3 is 2.60 bits per heavy atom. The molecule has 1 heterocycles. The van der Waals surface area contributed by atoms with Crippen molar-refractivity contribution in [2.75, 3.05) is 13.1 Å². The minimum atomic E-state index is -0.476. The SMILES string of the molecule is CC1CCC(CNC(=O)C(C)(C)c2ccccc2)CN1. The van der Waals surface area contributed by atoms with Gasteiger partial charge in [-0.25, -0.2) is 0 Å². The van der Waals surface area contributed by atoms with Gasteiger partial charge in [0.25, 0.3) is 0 Å². The Kier molecular flexibility index (Phi) is 4.81. The minimum Gasteiger partial charge on any atom is -0.355 e. The monoisotopic (exact) mass is 274 g/mol. The summed E-state index contributed by atoms with van der Waals surface area (Å²) in [5, 5.41) is 6.60. The largest absolute Gasteiger partial charge is 0.355 e. The molecule has 3 nitrogen and oxygen atoms in total. The zero-order valence-corrected chi connectivity index (χ0v) is 12.8. The third-order valence-electron chi connectivity index (χ3n) is 4.38. The molecule has 1 aromatic carbocycles. The molecule has 1 fully saturated rings. The number of nitrogens with one attached hydrogen (secondary N) is 2. The van der Waals surface area contributed by atoms with Gasteiger partial charge in [-0.1, -0.05) is 30.3 Å². The molecule has 0 radical (unpaired) electrons. The van der Waals surface area contributed by atoms with Crippen molar-refractivity contribution in [3.63, 3.8) is 0 Å². The average molecular weight is 274 g/mol. The number of carbonyl (C=O) groups is 1. The van der Waals surface area contributed by atoms with E-state index in [4.69, 9.17) is 0 Å². The van der Waals surface area contributed by atoms with E-state index in [1.165, 1.54) is 12.8 Å². The van der Waals surface area contributed by atoms with Gasteiger partial charge in [0.05, 0.1) is 5.41 Å². The van der Waals surface area contributed by atoms with Gasteiger partial charge in [-0.2, -0.15) is 0 Å². The molecule has 1 saturated heterocycles. The number of hydrogen-bond acceptors (Lipinski definition) is 2. The fourth-order valence-electron chi connectivity index (χ4n) is 2.68. The molecule has 0 bridgehead atoms. The van der Waals surface area contributed by atoms with Crippen LogP contribution >= 0.6 is 0 Å². The van der Waals surface area contributed by atoms with Crippen LogP contribution < -0.4 is 10.6 Å². The van der Waals surface area contributed by atoms with Crippen LogP contribution in [0.25, 0.3) is 0 Å². The zero-order valence-electron chi connectivity index (χ0n) is 12.8. The first-order valence-corrected chi connectivity index (χ1v) is 7.57. The van der Waals surface area contributed by atoms with Crippen molar-refractivity contribution < 1.29 is 4.79 Å². The number of benzene rings is 1. The molecule has 2 rings (SSSR count). The van der Waals surface area contributed by atoms with E-state index in [0.717, 1.165) is 18.7 Å². The summed E-state index contributed by atoms with van der Waals surface area (Å²) in [6.07, 6.45) is 2.39. The van der Waals surface area contributed by atoms with E-state index in [0.29, 0.717) is 12.0 Å². The van der Waals surface area contributed by atoms with Gasteiger partial charge in [-0.15, -0.1) is 0 Å². The molecule has 0 aliphatic carbocycles. The Morgan fingerprint density at radius 2 is 2.00 bits per heavy atom. The second-order valence-corrected chi connectivity index (χ2v) is 6.45. The van der Waals surface area contributed by atoms with Gasteiger partial charge in [0, 0.05) is 12.6 Å². The highest BCUT2D eigenvalue weighted by molar-refractivity contribution is 5.87. The second-order valence-electron chi connectivity index (χ2n) is 6.45. The minimum absolute atomic E-state index is 0.113. The summed E-state index contributed by atoms with van der Waals surface area (Å²) in [5.74, 6) is 0.670. The zero-order chi connectivity index (χ0) is 14.6. The summed E-state index contributed by atoms with van der Waals surface area (Å²) >= 11 is 0. The Labute approximate surface area is 122 Å². The number of hydrogen-bond donors (Lipinski definition) is 2. The smallest absolute Gasteiger partial charge is 0.230 e. The van der Waals surface area contributed by atoms with Crippen molar-refractivity contribution in [3.8, 4) is 0 Å². The van der Waals surface area contributed by atoms with E-state index in [1.807, 2.05) is 44.2 Å². The molecule has 1 aromatic rings. The predicted octanol–water partition coefficient (Wildman–Crippen LogP) is 2.47. The van der Waals surface area contributed by atoms with Crippen molar-refractivity contribution in [1.82, 2.24) is 10.6 Å². The van der Waals surface area contributed by atoms with Gasteiger partial charge in [-0.3, -0.25) is 4.79 Å². The molecule has 1 aliphatic heterocycles. The van der Waals surface area contributed by atoms with Gasteiger partial charge >= 0.3 is 0 Å². The van der Waals surface area contributed by atoms with Crippen molar-refractivity contribution >= 4 is 5.91 Å². The molecule has 2 N–H and O–H groups in total. The van der Waals surface area contributed by atoms with E-state index in [2.05, 4.69) is 17.6 Å². The van der Waals surface area contributed by atoms with E-state index < -0.39 is 5.41 Å². The van der Waals surface area contributed by atoms with Gasteiger partial charge in [0.2, 0.25) is 5.91 Å². The fourth-order valence-corrected chi connectivity index (χ4v) is 2.68. The lowest BCUT2D eigenvalue weighted by atomic mass is 9.83. The van der Waals surface area contributed by atoms with E-state index in [-0.39, 0.29) is 5.91 Å². The summed E-state index contributed by atoms with van der Waals surface area (Å²) in [4.78, 5) is 12.4. The standard InChI is InChI=1S/C17H26N2O/c1-13-9-10-14(11-18-13)12-19-16(20)17(2,3)15-7-5-4-6-8-15/h4-8,13-14,18H,9-12H2,1-3H3,(H,19,20). The number of rotatable bonds is 4. The molecule has 0 aromatic heterocycles. The van der Waals surface area contributed by atoms with Crippen LogP contribution in [-0.4, -0.2) is 25.0 Å². The Bertz CT molecular complexity index is 434. The van der Waals surface area contributed by atoms with E-state index >= 15 is 0 Å². The first-order valence-electron chi connectivity index (χ1n) is 7.57. The summed E-state index contributed by atoms with van der Waals surface area (Å²) in [6, 6.07) is 10.6. The van der Waals surface area contributed by atoms with Gasteiger partial charge in [0.1, 0.15) is 0 Å². The van der Waals surface area contributed by atoms with E-state index in [1.54, 1.807) is 0 Å². The molecule has 1 amide bonds. The van der Waals surface area contributed by atoms with Crippen LogP contribution in [0.15, 0.2) is 30.3 Å². The van der Waals surface area contributed by atoms with Crippen molar-refractivity contribution in [2.45, 2.75) is 45.1 Å². The second kappa shape index (κ2) is 6.40. The first kappa shape index (κ1) is 15.0. The number of piperidine rings is 1. The summed E-state index contributed by atoms with van der Waals surface area (Å²) in [5.41, 5.74) is 0.587. The molecule has 110 valence electrons. The van der Waals surface area contributed by atoms with Crippen molar-refractivity contribution in [3.05, 3.63) is 35.9 Å². The summed E-state index contributed by atoms with van der Waals surface area (Å²) in [6.45, 7) is 7.97. The van der Waals surface area contributed by atoms with E-state index in [9.17, 15) is 4.79 Å². The van der Waals surface area contributed by atoms with Crippen LogP contribution in [0.3, 0.4) is 0 Å². The Morgan fingerprint density at radius 1 is 1.30 bits per heavy atom. The molecule has 2 unspecified atom stereocenters. The van der Waals surface area contributed by atoms with Crippen molar-refractivity contribution in [1.29, 1.82) is 0 Å². The molecule has 3 heteroatoms. The van der Waals surface area contributed by atoms with Gasteiger partial charge in [-0.05, 0) is 51.6 Å². The summed E-state index contributed by atoms with van der Waals surface area (Å²) in [7, 11) is 0. The maximum Gasteiger partial charge on any atom is 0.230 e. The topological polar surface area (TPSA) is 41.1 Å². The molecular weight excluding hydrogens is 248 g/mol. The molecule has 20 heavy (non-hydrogen) atoms. The molecular formula is C17H26N2O. The van der Waals surface area contributed by atoms with Gasteiger partial charge in [0.15, 0.2) is 0 Å². The maximum absolute atomic E-state index is 12.4. The predicted molar refractivity (Wildman–Crippen MR) is 82.7 cm³/mol. The number of amides is 1. The lowest BCUT2D eigenvalue weighted by Crippen LogP contribution is -2.46. The number of carbonyl (C=O) groups excluding carboxylic acids is 1. The fraction of sp³-hybridized carbons (Fsp3) is 0.588. The first-order chi connectivity index (χ1) is 9.50. The molecule has 0 spiro atoms. The van der Waals surface area contributed by atoms with Crippen LogP contribution in [0, 0.1) is 5.92 Å². The average Bonchev–Trinajstić information content (AvgIpc) is 2.47.